The lowest BCUT2D eigenvalue weighted by Gasteiger charge is -2.19. The van der Waals surface area contributed by atoms with Crippen LogP contribution in [0.2, 0.25) is 0 Å². The normalized spacial score (nSPS) is 13.0. The molecule has 28 heavy (non-hydrogen) atoms. The third-order valence-electron chi connectivity index (χ3n) is 4.30. The van der Waals surface area contributed by atoms with Crippen molar-refractivity contribution in [3.8, 4) is 0 Å². The Balaban J connectivity index is 1.90. The van der Waals surface area contributed by atoms with Gasteiger partial charge in [0.25, 0.3) is 10.0 Å². The highest BCUT2D eigenvalue weighted by atomic mass is 32.2. The fourth-order valence-corrected chi connectivity index (χ4v) is 5.97. The molecule has 0 aliphatic heterocycles. The molecule has 0 saturated carbocycles. The van der Waals surface area contributed by atoms with Crippen LogP contribution >= 0.6 is 11.3 Å². The van der Waals surface area contributed by atoms with E-state index in [4.69, 9.17) is 0 Å². The molecule has 1 N–H and O–H groups in total. The van der Waals surface area contributed by atoms with Crippen molar-refractivity contribution in [1.29, 1.82) is 0 Å². The van der Waals surface area contributed by atoms with E-state index >= 15 is 0 Å². The number of nitrogens with zero attached hydrogens (tertiary/aromatic N) is 1. The van der Waals surface area contributed by atoms with Gasteiger partial charge in [0, 0.05) is 0 Å². The Bertz CT molecular complexity index is 1220. The van der Waals surface area contributed by atoms with E-state index in [2.05, 4.69) is 30.5 Å². The lowest BCUT2D eigenvalue weighted by Crippen LogP contribution is -2.14. The third kappa shape index (κ3) is 4.21. The van der Waals surface area contributed by atoms with Gasteiger partial charge in [0.15, 0.2) is 0 Å². The first-order valence-electron chi connectivity index (χ1n) is 8.69. The van der Waals surface area contributed by atoms with Gasteiger partial charge in [-0.25, -0.2) is 21.8 Å². The molecule has 9 heteroatoms. The minimum Gasteiger partial charge on any atom is -0.280 e. The predicted molar refractivity (Wildman–Crippen MR) is 113 cm³/mol. The lowest BCUT2D eigenvalue weighted by molar-refractivity contribution is 0.587. The van der Waals surface area contributed by atoms with Crippen molar-refractivity contribution in [2.75, 3.05) is 10.5 Å². The number of fused-ring (bicyclic) bond motifs is 1. The maximum atomic E-state index is 12.7. The van der Waals surface area contributed by atoms with Crippen LogP contribution < -0.4 is 4.72 Å². The summed E-state index contributed by atoms with van der Waals surface area (Å²) in [5.74, 6) is -0.0309. The smallest absolute Gasteiger partial charge is 0.261 e. The number of benzene rings is 2. The average molecular weight is 439 g/mol. The van der Waals surface area contributed by atoms with Gasteiger partial charge in [-0.1, -0.05) is 39.8 Å². The molecule has 0 unspecified atom stereocenters. The number of nitrogens with one attached hydrogen (secondary N) is 1. The van der Waals surface area contributed by atoms with E-state index in [9.17, 15) is 16.8 Å². The molecular formula is C19H22N2O4S3. The van der Waals surface area contributed by atoms with Crippen LogP contribution in [0.4, 0.5) is 5.69 Å². The largest absolute Gasteiger partial charge is 0.280 e. The van der Waals surface area contributed by atoms with Gasteiger partial charge in [-0.3, -0.25) is 4.72 Å². The zero-order valence-electron chi connectivity index (χ0n) is 16.1. The van der Waals surface area contributed by atoms with Crippen LogP contribution in [0.15, 0.2) is 51.7 Å². The second-order valence-corrected chi connectivity index (χ2v) is 12.6. The van der Waals surface area contributed by atoms with Crippen LogP contribution in [0.1, 0.15) is 33.3 Å². The van der Waals surface area contributed by atoms with Crippen LogP contribution in [0.5, 0.6) is 0 Å². The Morgan fingerprint density at radius 3 is 2.21 bits per heavy atom. The van der Waals surface area contributed by atoms with E-state index in [1.165, 1.54) is 0 Å². The Hall–Kier alpha value is -1.97. The number of sulfonamides is 1. The molecule has 0 fully saturated rings. The molecule has 150 valence electrons. The molecular weight excluding hydrogens is 416 g/mol. The van der Waals surface area contributed by atoms with Gasteiger partial charge >= 0.3 is 0 Å². The number of thiazole rings is 1. The highest BCUT2D eigenvalue weighted by molar-refractivity contribution is 7.93. The van der Waals surface area contributed by atoms with Crippen molar-refractivity contribution in [2.24, 2.45) is 0 Å². The van der Waals surface area contributed by atoms with Crippen molar-refractivity contribution >= 4 is 47.1 Å². The average Bonchev–Trinajstić information content (AvgIpc) is 3.05. The monoisotopic (exact) mass is 438 g/mol. The Labute approximate surface area is 169 Å². The molecule has 1 aromatic heterocycles. The van der Waals surface area contributed by atoms with Crippen molar-refractivity contribution in [3.63, 3.8) is 0 Å². The molecule has 6 nitrogen and oxygen atoms in total. The number of rotatable bonds is 5. The van der Waals surface area contributed by atoms with Gasteiger partial charge in [-0.05, 0) is 41.3 Å². The van der Waals surface area contributed by atoms with E-state index in [1.54, 1.807) is 37.3 Å². The first-order valence-corrected chi connectivity index (χ1v) is 12.6. The van der Waals surface area contributed by atoms with Crippen molar-refractivity contribution in [1.82, 2.24) is 4.98 Å². The van der Waals surface area contributed by atoms with Gasteiger partial charge in [0.2, 0.25) is 14.2 Å². The Kier molecular flexibility index (Phi) is 5.28. The molecule has 2 aromatic carbocycles. The standard InChI is InChI=1S/C19H22N2O4S3/c1-5-27(22,23)18-20-16-11-8-14(12-17(16)26-18)21-28(24,25)15-9-6-13(7-10-15)19(2,3)4/h6-12,21H,5H2,1-4H3. The SMILES string of the molecule is CCS(=O)(=O)c1nc2ccc(NS(=O)(=O)c3ccc(C(C)(C)C)cc3)cc2s1. The summed E-state index contributed by atoms with van der Waals surface area (Å²) < 4.78 is 52.6. The summed E-state index contributed by atoms with van der Waals surface area (Å²) in [4.78, 5) is 4.30. The fraction of sp³-hybridized carbons (Fsp3) is 0.316. The van der Waals surface area contributed by atoms with E-state index < -0.39 is 19.9 Å². The molecule has 0 atom stereocenters. The maximum Gasteiger partial charge on any atom is 0.261 e. The number of aromatic nitrogens is 1. The molecule has 0 aliphatic carbocycles. The minimum absolute atomic E-state index is 0.0309. The molecule has 3 rings (SSSR count). The number of hydrogen-bond donors (Lipinski definition) is 1. The summed E-state index contributed by atoms with van der Waals surface area (Å²) in [6, 6.07) is 11.6. The fourth-order valence-electron chi connectivity index (χ4n) is 2.57. The number of sulfone groups is 1. The summed E-state index contributed by atoms with van der Waals surface area (Å²) in [5, 5.41) is 0. The maximum absolute atomic E-state index is 12.7. The number of hydrogen-bond acceptors (Lipinski definition) is 6. The van der Waals surface area contributed by atoms with Crippen molar-refractivity contribution < 1.29 is 16.8 Å². The summed E-state index contributed by atoms with van der Waals surface area (Å²) in [7, 11) is -7.15. The second kappa shape index (κ2) is 7.13. The molecule has 0 spiro atoms. The van der Waals surface area contributed by atoms with Crippen LogP contribution in [-0.2, 0) is 25.3 Å². The third-order valence-corrected chi connectivity index (χ3v) is 8.90. The van der Waals surface area contributed by atoms with Crippen LogP contribution in [0.3, 0.4) is 0 Å². The molecule has 0 amide bonds. The first kappa shape index (κ1) is 20.8. The highest BCUT2D eigenvalue weighted by Crippen LogP contribution is 2.30. The van der Waals surface area contributed by atoms with Gasteiger partial charge in [-0.15, -0.1) is 11.3 Å². The zero-order chi connectivity index (χ0) is 20.7. The summed E-state index contributed by atoms with van der Waals surface area (Å²) >= 11 is 1.04. The minimum atomic E-state index is -3.75. The molecule has 0 bridgehead atoms. The van der Waals surface area contributed by atoms with Gasteiger partial charge in [0.05, 0.1) is 26.6 Å². The van der Waals surface area contributed by atoms with E-state index in [1.807, 2.05) is 12.1 Å². The van der Waals surface area contributed by atoms with E-state index in [0.29, 0.717) is 15.9 Å². The van der Waals surface area contributed by atoms with Crippen molar-refractivity contribution in [2.45, 2.75) is 42.3 Å². The van der Waals surface area contributed by atoms with Gasteiger partial charge in [-0.2, -0.15) is 0 Å². The Morgan fingerprint density at radius 2 is 1.64 bits per heavy atom. The van der Waals surface area contributed by atoms with Gasteiger partial charge in [0.1, 0.15) is 0 Å². The number of anilines is 1. The predicted octanol–water partition coefficient (Wildman–Crippen LogP) is 4.19. The summed E-state index contributed by atoms with van der Waals surface area (Å²) in [6.07, 6.45) is 0. The van der Waals surface area contributed by atoms with E-state index in [-0.39, 0.29) is 20.4 Å². The zero-order valence-corrected chi connectivity index (χ0v) is 18.5. The molecule has 0 radical (unpaired) electrons. The molecule has 0 saturated heterocycles. The second-order valence-electron chi connectivity index (χ2n) is 7.45. The highest BCUT2D eigenvalue weighted by Gasteiger charge is 2.20. The van der Waals surface area contributed by atoms with Crippen LogP contribution in [0, 0.1) is 0 Å². The molecule has 0 aliphatic rings. The first-order chi connectivity index (χ1) is 12.9. The van der Waals surface area contributed by atoms with E-state index in [0.717, 1.165) is 16.9 Å². The van der Waals surface area contributed by atoms with Crippen LogP contribution in [-0.4, -0.2) is 27.6 Å². The van der Waals surface area contributed by atoms with Crippen LogP contribution in [0.25, 0.3) is 10.2 Å². The lowest BCUT2D eigenvalue weighted by atomic mass is 9.87. The Morgan fingerprint density at radius 1 is 1.00 bits per heavy atom. The molecule has 1 heterocycles. The van der Waals surface area contributed by atoms with Crippen molar-refractivity contribution in [3.05, 3.63) is 48.0 Å². The van der Waals surface area contributed by atoms with Gasteiger partial charge < -0.3 is 0 Å². The summed E-state index contributed by atoms with van der Waals surface area (Å²) in [5.41, 5.74) is 1.86. The quantitative estimate of drug-likeness (QED) is 0.645. The summed E-state index contributed by atoms with van der Waals surface area (Å²) in [6.45, 7) is 7.75. The topological polar surface area (TPSA) is 93.2 Å². The molecule has 3 aromatic rings.